The van der Waals surface area contributed by atoms with E-state index in [1.54, 1.807) is 18.5 Å². The Hall–Kier alpha value is -3.33. The molecule has 9 heteroatoms. The van der Waals surface area contributed by atoms with Gasteiger partial charge in [-0.1, -0.05) is 49.9 Å². The first-order valence-electron chi connectivity index (χ1n) is 9.99. The highest BCUT2D eigenvalue weighted by atomic mass is 32.2. The lowest BCUT2D eigenvalue weighted by Crippen LogP contribution is -2.25. The molecule has 0 spiro atoms. The van der Waals surface area contributed by atoms with Crippen molar-refractivity contribution in [3.63, 3.8) is 0 Å². The molecular formula is C22H23N5O3S. The largest absolute Gasteiger partial charge is 0.447 e. The van der Waals surface area contributed by atoms with Crippen molar-refractivity contribution >= 4 is 35.1 Å². The Morgan fingerprint density at radius 2 is 1.97 bits per heavy atom. The molecule has 2 heterocycles. The van der Waals surface area contributed by atoms with Gasteiger partial charge in [-0.3, -0.25) is 14.3 Å². The Morgan fingerprint density at radius 3 is 2.68 bits per heavy atom. The van der Waals surface area contributed by atoms with Crippen LogP contribution in [0.5, 0.6) is 0 Å². The molecule has 31 heavy (non-hydrogen) atoms. The average molecular weight is 438 g/mol. The van der Waals surface area contributed by atoms with E-state index in [-0.39, 0.29) is 11.7 Å². The number of hydrogen-bond donors (Lipinski definition) is 1. The van der Waals surface area contributed by atoms with Crippen molar-refractivity contribution in [2.45, 2.75) is 24.9 Å². The fourth-order valence-electron chi connectivity index (χ4n) is 3.26. The minimum Gasteiger partial charge on any atom is -0.447 e. The van der Waals surface area contributed by atoms with Crippen molar-refractivity contribution in [2.75, 3.05) is 29.1 Å². The Balaban J connectivity index is 1.42. The summed E-state index contributed by atoms with van der Waals surface area (Å²) < 4.78 is 6.86. The number of ether oxygens (including phenoxy) is 1. The van der Waals surface area contributed by atoms with E-state index >= 15 is 0 Å². The van der Waals surface area contributed by atoms with Crippen LogP contribution in [0, 0.1) is 0 Å². The van der Waals surface area contributed by atoms with Crippen LogP contribution in [-0.2, 0) is 9.53 Å². The van der Waals surface area contributed by atoms with Crippen molar-refractivity contribution in [1.29, 1.82) is 0 Å². The van der Waals surface area contributed by atoms with Crippen LogP contribution in [0.4, 0.5) is 16.2 Å². The van der Waals surface area contributed by atoms with Crippen LogP contribution in [0.15, 0.2) is 60.0 Å². The lowest BCUT2D eigenvalue weighted by atomic mass is 10.0. The molecule has 1 aliphatic rings. The predicted molar refractivity (Wildman–Crippen MR) is 120 cm³/mol. The van der Waals surface area contributed by atoms with Crippen LogP contribution in [0.25, 0.3) is 5.69 Å². The molecular weight excluding hydrogens is 414 g/mol. The number of nitrogens with one attached hydrogen (secondary N) is 1. The molecule has 1 aromatic heterocycles. The van der Waals surface area contributed by atoms with E-state index in [1.807, 2.05) is 28.8 Å². The third-order valence-electron chi connectivity index (χ3n) is 4.92. The highest BCUT2D eigenvalue weighted by molar-refractivity contribution is 7.99. The first-order valence-corrected chi connectivity index (χ1v) is 11.0. The zero-order valence-electron chi connectivity index (χ0n) is 17.3. The number of aromatic nitrogens is 3. The maximum absolute atomic E-state index is 12.6. The van der Waals surface area contributed by atoms with Gasteiger partial charge in [-0.25, -0.2) is 4.79 Å². The lowest BCUT2D eigenvalue weighted by Gasteiger charge is -2.17. The summed E-state index contributed by atoms with van der Waals surface area (Å²) in [5.41, 5.74) is 3.38. The van der Waals surface area contributed by atoms with Gasteiger partial charge in [0, 0.05) is 5.69 Å². The molecule has 8 nitrogen and oxygen atoms in total. The van der Waals surface area contributed by atoms with Gasteiger partial charge >= 0.3 is 6.09 Å². The number of rotatable bonds is 7. The van der Waals surface area contributed by atoms with Crippen LogP contribution >= 0.6 is 11.8 Å². The van der Waals surface area contributed by atoms with Gasteiger partial charge in [0.05, 0.1) is 23.7 Å². The molecule has 160 valence electrons. The van der Waals surface area contributed by atoms with Crippen LogP contribution in [-0.4, -0.2) is 45.7 Å². The van der Waals surface area contributed by atoms with Crippen molar-refractivity contribution in [2.24, 2.45) is 0 Å². The number of amides is 2. The van der Waals surface area contributed by atoms with E-state index in [2.05, 4.69) is 41.5 Å². The monoisotopic (exact) mass is 437 g/mol. The summed E-state index contributed by atoms with van der Waals surface area (Å²) in [5.74, 6) is 0.411. The molecule has 0 bridgehead atoms. The minimum atomic E-state index is -0.410. The van der Waals surface area contributed by atoms with E-state index in [1.165, 1.54) is 22.2 Å². The quantitative estimate of drug-likeness (QED) is 0.560. The van der Waals surface area contributed by atoms with Crippen LogP contribution in [0.2, 0.25) is 0 Å². The number of benzene rings is 2. The van der Waals surface area contributed by atoms with Gasteiger partial charge < -0.3 is 10.1 Å². The topological polar surface area (TPSA) is 89.3 Å². The molecule has 1 N–H and O–H groups in total. The summed E-state index contributed by atoms with van der Waals surface area (Å²) in [6, 6.07) is 15.4. The number of para-hydroxylation sites is 2. The Kier molecular flexibility index (Phi) is 6.22. The van der Waals surface area contributed by atoms with Crippen LogP contribution in [0.1, 0.15) is 25.3 Å². The van der Waals surface area contributed by atoms with E-state index < -0.39 is 6.09 Å². The van der Waals surface area contributed by atoms with E-state index in [4.69, 9.17) is 4.74 Å². The van der Waals surface area contributed by atoms with Crippen molar-refractivity contribution in [3.05, 3.63) is 60.4 Å². The number of cyclic esters (lactones) is 1. The van der Waals surface area contributed by atoms with Crippen molar-refractivity contribution < 1.29 is 14.3 Å². The zero-order valence-corrected chi connectivity index (χ0v) is 18.1. The summed E-state index contributed by atoms with van der Waals surface area (Å²) in [6.45, 7) is 5.10. The number of carbonyl (C=O) groups excluding carboxylic acids is 2. The van der Waals surface area contributed by atoms with Gasteiger partial charge in [0.1, 0.15) is 12.9 Å². The number of carbonyl (C=O) groups is 2. The highest BCUT2D eigenvalue weighted by Crippen LogP contribution is 2.28. The summed E-state index contributed by atoms with van der Waals surface area (Å²) in [6.07, 6.45) is 1.23. The second-order valence-corrected chi connectivity index (χ2v) is 8.29. The molecule has 1 aliphatic heterocycles. The van der Waals surface area contributed by atoms with Gasteiger partial charge in [0.25, 0.3) is 0 Å². The zero-order chi connectivity index (χ0) is 21.8. The third-order valence-corrected chi connectivity index (χ3v) is 5.86. The number of anilines is 2. The SMILES string of the molecule is CC(C)c1ccc(-n2cnnc2SCC(=O)Nc2ccccc2N2CCOC2=O)cc1. The first kappa shape index (κ1) is 20.9. The molecule has 0 aliphatic carbocycles. The summed E-state index contributed by atoms with van der Waals surface area (Å²) in [4.78, 5) is 26.0. The second-order valence-electron chi connectivity index (χ2n) is 7.35. The number of nitrogens with zero attached hydrogens (tertiary/aromatic N) is 4. The highest BCUT2D eigenvalue weighted by Gasteiger charge is 2.26. The normalized spacial score (nSPS) is 13.5. The molecule has 3 aromatic rings. The van der Waals surface area contributed by atoms with Gasteiger partial charge in [-0.2, -0.15) is 0 Å². The molecule has 2 aromatic carbocycles. The third kappa shape index (κ3) is 4.72. The predicted octanol–water partition coefficient (Wildman–Crippen LogP) is 4.08. The smallest absolute Gasteiger partial charge is 0.414 e. The average Bonchev–Trinajstić information content (AvgIpc) is 3.41. The molecule has 0 saturated carbocycles. The summed E-state index contributed by atoms with van der Waals surface area (Å²) in [7, 11) is 0. The molecule has 0 radical (unpaired) electrons. The van der Waals surface area contributed by atoms with Gasteiger partial charge in [0.15, 0.2) is 5.16 Å². The van der Waals surface area contributed by atoms with E-state index in [0.29, 0.717) is 35.6 Å². The maximum Gasteiger partial charge on any atom is 0.414 e. The Morgan fingerprint density at radius 1 is 1.19 bits per heavy atom. The van der Waals surface area contributed by atoms with Crippen LogP contribution < -0.4 is 10.2 Å². The molecule has 0 unspecified atom stereocenters. The van der Waals surface area contributed by atoms with Gasteiger partial charge in [-0.05, 0) is 35.7 Å². The second kappa shape index (κ2) is 9.22. The molecule has 2 amide bonds. The van der Waals surface area contributed by atoms with Gasteiger partial charge in [0.2, 0.25) is 5.91 Å². The molecule has 0 atom stereocenters. The fourth-order valence-corrected chi connectivity index (χ4v) is 3.99. The molecule has 1 fully saturated rings. The van der Waals surface area contributed by atoms with Crippen molar-refractivity contribution in [3.8, 4) is 5.69 Å². The molecule has 1 saturated heterocycles. The number of hydrogen-bond acceptors (Lipinski definition) is 6. The summed E-state index contributed by atoms with van der Waals surface area (Å²) in [5, 5.41) is 11.7. The standard InChI is InChI=1S/C22H23N5O3S/c1-15(2)16-7-9-17(10-8-16)27-14-23-25-21(27)31-13-20(28)24-18-5-3-4-6-19(18)26-11-12-30-22(26)29/h3-10,14-15H,11-13H2,1-2H3,(H,24,28). The maximum atomic E-state index is 12.6. The van der Waals surface area contributed by atoms with E-state index in [9.17, 15) is 9.59 Å². The summed E-state index contributed by atoms with van der Waals surface area (Å²) >= 11 is 1.30. The minimum absolute atomic E-state index is 0.154. The Bertz CT molecular complexity index is 1080. The van der Waals surface area contributed by atoms with Crippen molar-refractivity contribution in [1.82, 2.24) is 14.8 Å². The van der Waals surface area contributed by atoms with Crippen LogP contribution in [0.3, 0.4) is 0 Å². The van der Waals surface area contributed by atoms with Gasteiger partial charge in [-0.15, -0.1) is 10.2 Å². The first-order chi connectivity index (χ1) is 15.0. The molecule has 4 rings (SSSR count). The lowest BCUT2D eigenvalue weighted by molar-refractivity contribution is -0.113. The Labute approximate surface area is 184 Å². The fraction of sp³-hybridized carbons (Fsp3) is 0.273. The number of thioether (sulfide) groups is 1. The van der Waals surface area contributed by atoms with E-state index in [0.717, 1.165) is 5.69 Å².